The van der Waals surface area contributed by atoms with E-state index < -0.39 is 55.6 Å². The number of ketones is 4. The Balaban J connectivity index is 0.000000342. The Bertz CT molecular complexity index is 4240. The molecule has 552 valence electrons. The minimum absolute atomic E-state index is 0.0625. The first-order chi connectivity index (χ1) is 50.1. The van der Waals surface area contributed by atoms with Crippen molar-refractivity contribution in [2.75, 3.05) is 0 Å². The molecule has 0 saturated carbocycles. The van der Waals surface area contributed by atoms with Crippen molar-refractivity contribution in [3.05, 3.63) is 287 Å². The summed E-state index contributed by atoms with van der Waals surface area (Å²) in [5, 5.41) is 1.51. The molecule has 0 unspecified atom stereocenters. The zero-order valence-electron chi connectivity index (χ0n) is 61.8. The van der Waals surface area contributed by atoms with Crippen LogP contribution in [-0.2, 0) is 81.4 Å². The number of nitrogens with one attached hydrogen (secondary N) is 1. The summed E-state index contributed by atoms with van der Waals surface area (Å²) in [7, 11) is -9.00. The van der Waals surface area contributed by atoms with Crippen LogP contribution in [0.4, 0.5) is 9.59 Å². The second kappa shape index (κ2) is 47.9. The number of amides is 2. The van der Waals surface area contributed by atoms with E-state index in [0.717, 1.165) is 75.2 Å². The number of Topliss-reactive ketones (excluding diaryl/α,β-unsaturated/α-hetero) is 4. The lowest BCUT2D eigenvalue weighted by Gasteiger charge is -2.35. The van der Waals surface area contributed by atoms with Crippen molar-refractivity contribution in [3.63, 3.8) is 0 Å². The molecular weight excluding hydrogens is 1350 g/mol. The van der Waals surface area contributed by atoms with Crippen LogP contribution in [0.25, 0.3) is 22.5 Å². The highest BCUT2D eigenvalue weighted by Crippen LogP contribution is 2.45. The van der Waals surface area contributed by atoms with E-state index in [1.54, 1.807) is 42.5 Å². The zero-order chi connectivity index (χ0) is 77.0. The van der Waals surface area contributed by atoms with Crippen LogP contribution in [-0.4, -0.2) is 77.7 Å². The van der Waals surface area contributed by atoms with Crippen LogP contribution in [0.5, 0.6) is 0 Å². The molecule has 0 aliphatic heterocycles. The molecule has 3 N–H and O–H groups in total. The number of carbonyl (C=O) groups excluding carboxylic acids is 6. The summed E-state index contributed by atoms with van der Waals surface area (Å²) in [4.78, 5) is 75.7. The van der Waals surface area contributed by atoms with Crippen molar-refractivity contribution in [1.29, 1.82) is 0 Å². The highest BCUT2D eigenvalue weighted by atomic mass is 32.2. The van der Waals surface area contributed by atoms with E-state index in [4.69, 9.17) is 14.5 Å². The highest BCUT2D eigenvalue weighted by Gasteiger charge is 2.42. The predicted octanol–water partition coefficient (Wildman–Crippen LogP) is 19.1. The molecule has 0 bridgehead atoms. The van der Waals surface area contributed by atoms with Crippen molar-refractivity contribution in [3.8, 4) is 22.5 Å². The summed E-state index contributed by atoms with van der Waals surface area (Å²) in [5.74, 6) is -2.52. The van der Waals surface area contributed by atoms with Crippen LogP contribution in [0.3, 0.4) is 0 Å². The Hall–Kier alpha value is -10.2. The number of aryl methyl sites for hydroxylation is 2. The van der Waals surface area contributed by atoms with Crippen LogP contribution >= 0.6 is 0 Å². The van der Waals surface area contributed by atoms with Gasteiger partial charge in [0, 0.05) is 23.3 Å². The average Bonchev–Trinajstić information content (AvgIpc) is 0.737. The first-order valence-electron chi connectivity index (χ1n) is 35.1. The fourth-order valence-corrected chi connectivity index (χ4v) is 13.0. The molecule has 1 aromatic heterocycles. The van der Waals surface area contributed by atoms with Gasteiger partial charge in [0.05, 0.1) is 34.0 Å². The summed E-state index contributed by atoms with van der Waals surface area (Å²) in [6, 6.07) is 73.4. The van der Waals surface area contributed by atoms with Gasteiger partial charge in [0.1, 0.15) is 42.3 Å². The summed E-state index contributed by atoms with van der Waals surface area (Å²) in [5.41, 5.74) is 11.4. The van der Waals surface area contributed by atoms with Crippen molar-refractivity contribution < 1.29 is 64.2 Å². The van der Waals surface area contributed by atoms with Crippen molar-refractivity contribution in [1.82, 2.24) is 10.3 Å². The SMILES string of the molecule is CC.CC.CC.CC.CC(=O)C(C(C)=O)[C@@H](NC(=O)OCc1ccccc1)c1ccccc1.CC(=O)CC(C)=O.O=C(N=Cc1ccccc1)OCc1ccccc1.O=S(=O)(O)c1ccc2c(c1[C@H]1c3ccccc3CC[C@H]1S(=O)(=O)O)CCCC2.c1ccc(-c2cccc(-c3ccccc3)n2)cc1. The molecular formula is C85H101N3O14S2. The Morgan fingerprint density at radius 2 is 0.952 bits per heavy atom. The number of hydrogen-bond donors (Lipinski definition) is 3. The van der Waals surface area contributed by atoms with Gasteiger partial charge in [0.15, 0.2) is 0 Å². The molecule has 17 nitrogen and oxygen atoms in total. The van der Waals surface area contributed by atoms with Gasteiger partial charge in [0.25, 0.3) is 20.2 Å². The van der Waals surface area contributed by atoms with Gasteiger partial charge in [-0.15, -0.1) is 0 Å². The number of fused-ring (bicyclic) bond motifs is 2. The van der Waals surface area contributed by atoms with Crippen LogP contribution < -0.4 is 5.32 Å². The summed E-state index contributed by atoms with van der Waals surface area (Å²) in [6.45, 7) is 21.9. The molecule has 1 heterocycles. The van der Waals surface area contributed by atoms with Crippen molar-refractivity contribution in [2.45, 2.75) is 163 Å². The molecule has 3 atom stereocenters. The molecule has 0 saturated heterocycles. The van der Waals surface area contributed by atoms with E-state index in [1.165, 1.54) is 40.0 Å². The second-order valence-corrected chi connectivity index (χ2v) is 25.8. The monoisotopic (exact) mass is 1450 g/mol. The average molecular weight is 1450 g/mol. The summed E-state index contributed by atoms with van der Waals surface area (Å²) in [6.07, 6.45) is 4.22. The maximum Gasteiger partial charge on any atom is 0.433 e. The molecule has 9 aromatic rings. The number of nitrogens with zero attached hydrogens (tertiary/aromatic N) is 2. The lowest BCUT2D eigenvalue weighted by Crippen LogP contribution is -2.39. The lowest BCUT2D eigenvalue weighted by molar-refractivity contribution is -0.132. The van der Waals surface area contributed by atoms with Gasteiger partial charge in [-0.25, -0.2) is 14.6 Å². The van der Waals surface area contributed by atoms with Gasteiger partial charge < -0.3 is 14.8 Å². The molecule has 2 aliphatic rings. The minimum atomic E-state index is -4.56. The Labute approximate surface area is 616 Å². The Morgan fingerprint density at radius 3 is 1.41 bits per heavy atom. The number of carbonyl (C=O) groups is 6. The van der Waals surface area contributed by atoms with E-state index in [9.17, 15) is 54.7 Å². The zero-order valence-corrected chi connectivity index (χ0v) is 63.4. The quantitative estimate of drug-likeness (QED) is 0.0434. The van der Waals surface area contributed by atoms with Crippen molar-refractivity contribution in [2.24, 2.45) is 10.9 Å². The Morgan fingerprint density at radius 1 is 0.510 bits per heavy atom. The fraction of sp³-hybridized carbons (Fsp3) is 0.294. The van der Waals surface area contributed by atoms with E-state index >= 15 is 0 Å². The van der Waals surface area contributed by atoms with Gasteiger partial charge >= 0.3 is 12.2 Å². The third-order valence-corrected chi connectivity index (χ3v) is 17.7. The summed E-state index contributed by atoms with van der Waals surface area (Å²) >= 11 is 0. The number of benzene rings is 8. The number of alkyl carbamates (subject to hydrolysis) is 1. The van der Waals surface area contributed by atoms with E-state index in [0.29, 0.717) is 29.5 Å². The van der Waals surface area contributed by atoms with Crippen molar-refractivity contribution >= 4 is 61.8 Å². The van der Waals surface area contributed by atoms with Crippen LogP contribution in [0.1, 0.15) is 171 Å². The first kappa shape index (κ1) is 88.0. The minimum Gasteiger partial charge on any atom is -0.445 e. The van der Waals surface area contributed by atoms with Crippen LogP contribution in [0.15, 0.2) is 246 Å². The second-order valence-electron chi connectivity index (χ2n) is 22.8. The molecule has 11 rings (SSSR count). The third-order valence-electron chi connectivity index (χ3n) is 15.5. The number of rotatable bonds is 17. The number of aliphatic imine (C=N–C) groups is 1. The topological polar surface area (TPSA) is 267 Å². The molecule has 2 aliphatic carbocycles. The molecule has 0 spiro atoms. The number of ether oxygens (including phenoxy) is 2. The first-order valence-corrected chi connectivity index (χ1v) is 38.1. The third kappa shape index (κ3) is 30.0. The molecule has 104 heavy (non-hydrogen) atoms. The molecule has 0 radical (unpaired) electrons. The lowest BCUT2D eigenvalue weighted by atomic mass is 9.74. The van der Waals surface area contributed by atoms with Gasteiger partial charge in [0.2, 0.25) is 0 Å². The largest absolute Gasteiger partial charge is 0.445 e. The maximum absolute atomic E-state index is 12.3. The predicted molar refractivity (Wildman–Crippen MR) is 416 cm³/mol. The summed E-state index contributed by atoms with van der Waals surface area (Å²) < 4.78 is 79.0. The number of hydrogen-bond acceptors (Lipinski definition) is 13. The van der Waals surface area contributed by atoms with Gasteiger partial charge in [-0.3, -0.25) is 28.3 Å². The van der Waals surface area contributed by atoms with E-state index in [-0.39, 0.29) is 54.1 Å². The Kier molecular flexibility index (Phi) is 40.5. The molecule has 2 amide bonds. The van der Waals surface area contributed by atoms with Crippen LogP contribution in [0, 0.1) is 5.92 Å². The van der Waals surface area contributed by atoms with E-state index in [2.05, 4.69) is 40.6 Å². The van der Waals surface area contributed by atoms with Gasteiger partial charge in [-0.2, -0.15) is 21.8 Å². The molecule has 0 fully saturated rings. The fourth-order valence-electron chi connectivity index (χ4n) is 11.2. The normalized spacial score (nSPS) is 13.2. The molecule has 8 aromatic carbocycles. The maximum atomic E-state index is 12.3. The van der Waals surface area contributed by atoms with Gasteiger partial charge in [-0.05, 0) is 134 Å². The smallest absolute Gasteiger partial charge is 0.433 e. The van der Waals surface area contributed by atoms with Crippen LogP contribution in [0.2, 0.25) is 0 Å². The highest BCUT2D eigenvalue weighted by molar-refractivity contribution is 7.86. The van der Waals surface area contributed by atoms with E-state index in [1.807, 2.05) is 213 Å². The van der Waals surface area contributed by atoms with Gasteiger partial charge in [-0.1, -0.05) is 274 Å². The number of aromatic nitrogens is 1. The molecule has 19 heteroatoms. The standard InChI is InChI=1S/C20H21NO4.C20H22O6S2.C17H13N.C15H13NO2.C5H8O2.4C2H6/c1-14(22)18(15(2)23)19(17-11-7-4-8-12-17)21-20(24)25-13-16-9-5-3-6-10-16;21-27(22,23)17-11-9-13-5-1-3-7-15(13)19(17)20-16-8-4-2-6-14(16)10-12-18(20)28(24,25)26;1-3-8-14(9-4-1)16-12-7-13-17(18-16)15-10-5-2-6-11-15;17-15(16-11-13-7-3-1-4-8-13)18-12-14-9-5-2-6-10-14;1-4(6)3-5(2)7;4*1-2/h3-12,18-19H,13H2,1-2H3,(H,21,24);1,3,5,7,10,12,17,19H,2,4,6,8-9,11H2,(H,21,22,23)(H,24,25,26);1-13H;1-11H,12H2;3H2,1-2H3;4*1-2H3/t19-;17-,19+;;;;;;;/m01......./s1. The number of pyridine rings is 1.